The maximum atomic E-state index is 10.2. The third-order valence-electron chi connectivity index (χ3n) is 1.09. The van der Waals surface area contributed by atoms with E-state index in [1.807, 2.05) is 0 Å². The summed E-state index contributed by atoms with van der Waals surface area (Å²) in [6, 6.07) is 0. The molecule has 1 radical (unpaired) electrons. The highest BCUT2D eigenvalue weighted by molar-refractivity contribution is 5.71. The minimum atomic E-state index is -0.972. The van der Waals surface area contributed by atoms with Gasteiger partial charge >= 0.3 is 0 Å². The largest absolute Gasteiger partial charge is 0.324 e. The molecular formula is C5H6N3O. The second-order valence-corrected chi connectivity index (χ2v) is 1.70. The van der Waals surface area contributed by atoms with Crippen molar-refractivity contribution in [2.24, 2.45) is 16.0 Å². The van der Waals surface area contributed by atoms with Crippen molar-refractivity contribution in [1.29, 1.82) is 0 Å². The highest BCUT2D eigenvalue weighted by Gasteiger charge is 2.26. The van der Waals surface area contributed by atoms with Gasteiger partial charge < -0.3 is 10.5 Å². The molecule has 0 amide bonds. The predicted octanol–water partition coefficient (Wildman–Crippen LogP) is 0.0241. The van der Waals surface area contributed by atoms with Crippen LogP contribution in [0.3, 0.4) is 0 Å². The third-order valence-corrected chi connectivity index (χ3v) is 1.09. The highest BCUT2D eigenvalue weighted by atomic mass is 16.1. The maximum Gasteiger partial charge on any atom is 0.173 e. The second kappa shape index (κ2) is 2.06. The first-order valence-corrected chi connectivity index (χ1v) is 2.45. The van der Waals surface area contributed by atoms with Crippen LogP contribution < -0.4 is 5.73 Å². The quantitative estimate of drug-likeness (QED) is 0.527. The summed E-state index contributed by atoms with van der Waals surface area (Å²) in [5.41, 5.74) is 4.15. The Morgan fingerprint density at radius 2 is 2.44 bits per heavy atom. The minimum Gasteiger partial charge on any atom is -0.324 e. The summed E-state index contributed by atoms with van der Waals surface area (Å²) in [4.78, 5) is 10.2. The molecule has 1 aliphatic rings. The van der Waals surface area contributed by atoms with Crippen molar-refractivity contribution in [2.75, 3.05) is 0 Å². The van der Waals surface area contributed by atoms with E-state index in [0.29, 0.717) is 6.29 Å². The Morgan fingerprint density at radius 3 is 2.67 bits per heavy atom. The summed E-state index contributed by atoms with van der Waals surface area (Å²) >= 11 is 0. The summed E-state index contributed by atoms with van der Waals surface area (Å²) in [5, 5.41) is 7.05. The molecule has 4 nitrogen and oxygen atoms in total. The monoisotopic (exact) mass is 124 g/mol. The Morgan fingerprint density at radius 1 is 1.67 bits per heavy atom. The summed E-state index contributed by atoms with van der Waals surface area (Å²) < 4.78 is 0. The zero-order valence-electron chi connectivity index (χ0n) is 4.69. The van der Waals surface area contributed by atoms with Crippen molar-refractivity contribution >= 4 is 6.29 Å². The van der Waals surface area contributed by atoms with Crippen molar-refractivity contribution in [2.45, 2.75) is 5.54 Å². The van der Waals surface area contributed by atoms with Crippen LogP contribution in [-0.2, 0) is 4.79 Å². The van der Waals surface area contributed by atoms with Crippen molar-refractivity contribution in [3.8, 4) is 0 Å². The Hall–Kier alpha value is -1.03. The van der Waals surface area contributed by atoms with Crippen LogP contribution in [0.4, 0.5) is 0 Å². The Bertz CT molecular complexity index is 161. The summed E-state index contributed by atoms with van der Waals surface area (Å²) in [5.74, 6) is 0. The Balaban J connectivity index is 2.81. The Kier molecular flexibility index (Phi) is 1.40. The minimum absolute atomic E-state index is 0.639. The van der Waals surface area contributed by atoms with Crippen LogP contribution in [0.2, 0.25) is 0 Å². The summed E-state index contributed by atoms with van der Waals surface area (Å²) in [6.45, 7) is 1.20. The first-order valence-electron chi connectivity index (χ1n) is 2.45. The number of carbonyl (C=O) groups excluding carboxylic acids is 1. The zero-order chi connectivity index (χ0) is 6.74. The van der Waals surface area contributed by atoms with Crippen LogP contribution in [0.25, 0.3) is 0 Å². The molecule has 0 saturated heterocycles. The van der Waals surface area contributed by atoms with Gasteiger partial charge in [-0.3, -0.25) is 0 Å². The molecule has 1 atom stereocenters. The van der Waals surface area contributed by atoms with Gasteiger partial charge in [-0.1, -0.05) is 0 Å². The van der Waals surface area contributed by atoms with Gasteiger partial charge in [0.1, 0.15) is 0 Å². The molecule has 2 N–H and O–H groups in total. The summed E-state index contributed by atoms with van der Waals surface area (Å²) in [7, 11) is 0. The normalized spacial score (nSPS) is 31.2. The molecular weight excluding hydrogens is 118 g/mol. The maximum absolute atomic E-state index is 10.2. The number of aldehydes is 1. The molecule has 0 aromatic carbocycles. The lowest BCUT2D eigenvalue weighted by atomic mass is 10.1. The van der Waals surface area contributed by atoms with Crippen LogP contribution in [0, 0.1) is 6.54 Å². The molecule has 1 rings (SSSR count). The van der Waals surface area contributed by atoms with Crippen molar-refractivity contribution < 1.29 is 4.79 Å². The number of nitrogens with two attached hydrogens (primary N) is 1. The molecule has 47 valence electrons. The lowest BCUT2D eigenvalue weighted by molar-refractivity contribution is -0.110. The van der Waals surface area contributed by atoms with E-state index in [1.165, 1.54) is 18.8 Å². The van der Waals surface area contributed by atoms with E-state index in [1.54, 1.807) is 0 Å². The van der Waals surface area contributed by atoms with Crippen LogP contribution in [0.1, 0.15) is 0 Å². The van der Waals surface area contributed by atoms with Gasteiger partial charge in [-0.2, -0.15) is 10.2 Å². The Labute approximate surface area is 52.5 Å². The average Bonchev–Trinajstić information content (AvgIpc) is 2.36. The van der Waals surface area contributed by atoms with Gasteiger partial charge in [0.25, 0.3) is 0 Å². The average molecular weight is 124 g/mol. The fourth-order valence-electron chi connectivity index (χ4n) is 0.510. The van der Waals surface area contributed by atoms with E-state index in [-0.39, 0.29) is 0 Å². The van der Waals surface area contributed by atoms with E-state index in [9.17, 15) is 4.79 Å². The number of rotatable bonds is 2. The van der Waals surface area contributed by atoms with Gasteiger partial charge in [0.2, 0.25) is 0 Å². The topological polar surface area (TPSA) is 67.8 Å². The highest BCUT2D eigenvalue weighted by Crippen LogP contribution is 2.16. The van der Waals surface area contributed by atoms with Crippen LogP contribution in [0.15, 0.2) is 22.5 Å². The third kappa shape index (κ3) is 0.882. The fourth-order valence-corrected chi connectivity index (χ4v) is 0.510. The SMILES string of the molecule is N[CH]C1(C=O)C=CN=N1. The lowest BCUT2D eigenvalue weighted by Gasteiger charge is -2.08. The van der Waals surface area contributed by atoms with Gasteiger partial charge in [-0.05, 0) is 6.08 Å². The molecule has 1 heterocycles. The molecule has 1 aliphatic heterocycles. The van der Waals surface area contributed by atoms with E-state index in [0.717, 1.165) is 0 Å². The molecule has 0 aromatic heterocycles. The number of azo groups is 1. The number of hydrogen-bond donors (Lipinski definition) is 1. The van der Waals surface area contributed by atoms with E-state index >= 15 is 0 Å². The second-order valence-electron chi connectivity index (χ2n) is 1.70. The van der Waals surface area contributed by atoms with Gasteiger partial charge in [0, 0.05) is 6.20 Å². The summed E-state index contributed by atoms with van der Waals surface area (Å²) in [6.07, 6.45) is 3.61. The first-order chi connectivity index (χ1) is 4.33. The molecule has 0 saturated carbocycles. The number of carbonyl (C=O) groups is 1. The van der Waals surface area contributed by atoms with Gasteiger partial charge in [0.05, 0.1) is 6.54 Å². The van der Waals surface area contributed by atoms with E-state index in [2.05, 4.69) is 10.2 Å². The predicted molar refractivity (Wildman–Crippen MR) is 31.3 cm³/mol. The van der Waals surface area contributed by atoms with Crippen molar-refractivity contribution in [1.82, 2.24) is 0 Å². The van der Waals surface area contributed by atoms with E-state index < -0.39 is 5.54 Å². The fraction of sp³-hybridized carbons (Fsp3) is 0.200. The van der Waals surface area contributed by atoms with Crippen molar-refractivity contribution in [3.63, 3.8) is 0 Å². The van der Waals surface area contributed by atoms with Crippen molar-refractivity contribution in [3.05, 3.63) is 18.8 Å². The first kappa shape index (κ1) is 6.10. The molecule has 1 unspecified atom stereocenters. The van der Waals surface area contributed by atoms with Gasteiger partial charge in [0.15, 0.2) is 11.8 Å². The molecule has 9 heavy (non-hydrogen) atoms. The van der Waals surface area contributed by atoms with Crippen LogP contribution >= 0.6 is 0 Å². The number of nitrogens with zero attached hydrogens (tertiary/aromatic N) is 2. The molecule has 0 aromatic rings. The molecule has 4 heteroatoms. The van der Waals surface area contributed by atoms with Gasteiger partial charge in [-0.25, -0.2) is 0 Å². The van der Waals surface area contributed by atoms with Crippen LogP contribution in [-0.4, -0.2) is 11.8 Å². The molecule has 0 aliphatic carbocycles. The standard InChI is InChI=1S/C5H6N3O/c6-3-5(4-9)1-2-7-8-5/h1-4H,6H2. The zero-order valence-corrected chi connectivity index (χ0v) is 4.69. The molecule has 0 spiro atoms. The lowest BCUT2D eigenvalue weighted by Crippen LogP contribution is -2.28. The smallest absolute Gasteiger partial charge is 0.173 e. The molecule has 0 bridgehead atoms. The molecule has 0 fully saturated rings. The van der Waals surface area contributed by atoms with E-state index in [4.69, 9.17) is 5.73 Å². The number of hydrogen-bond acceptors (Lipinski definition) is 4. The van der Waals surface area contributed by atoms with Crippen LogP contribution in [0.5, 0.6) is 0 Å². The van der Waals surface area contributed by atoms with Gasteiger partial charge in [-0.15, -0.1) is 0 Å².